The molecule has 17 aromatic rings. The van der Waals surface area contributed by atoms with E-state index in [0.29, 0.717) is 88.7 Å². The number of aldehydes is 1. The number of imidazole rings is 2. The number of ether oxygens (including phenoxy) is 2. The Morgan fingerprint density at radius 3 is 1.39 bits per heavy atom. The van der Waals surface area contributed by atoms with E-state index in [4.69, 9.17) is 41.7 Å². The number of H-pyrrole nitrogens is 3. The number of nitrogens with two attached hydrogens (primary N) is 3. The van der Waals surface area contributed by atoms with Gasteiger partial charge in [0.1, 0.15) is 45.3 Å². The lowest BCUT2D eigenvalue weighted by Crippen LogP contribution is -2.36. The second-order valence-electron chi connectivity index (χ2n) is 32.8. The van der Waals surface area contributed by atoms with Crippen LogP contribution in [0.4, 0.5) is 45.5 Å². The highest BCUT2D eigenvalue weighted by molar-refractivity contribution is 6.45. The van der Waals surface area contributed by atoms with Gasteiger partial charge in [-0.15, -0.1) is 0 Å². The Hall–Kier alpha value is -16.3. The van der Waals surface area contributed by atoms with Crippen molar-refractivity contribution in [3.05, 3.63) is 273 Å². The molecule has 0 fully saturated rings. The number of nitrogens with zero attached hydrogens (tertiary/aromatic N) is 13. The van der Waals surface area contributed by atoms with Crippen molar-refractivity contribution in [1.82, 2.24) is 79.6 Å². The smallest absolute Gasteiger partial charge is 0.376 e. The first-order valence-electron chi connectivity index (χ1n) is 44.7. The van der Waals surface area contributed by atoms with E-state index in [1.54, 1.807) is 46.1 Å². The molecule has 0 aliphatic heterocycles. The van der Waals surface area contributed by atoms with Gasteiger partial charge in [-0.25, -0.2) is 9.97 Å². The van der Waals surface area contributed by atoms with E-state index in [1.807, 2.05) is 179 Å². The van der Waals surface area contributed by atoms with Crippen LogP contribution in [0.5, 0.6) is 11.5 Å². The van der Waals surface area contributed by atoms with E-state index < -0.39 is 19.0 Å². The summed E-state index contributed by atoms with van der Waals surface area (Å²) in [6, 6.07) is 55.1. The Balaban J connectivity index is 0.000000156. The van der Waals surface area contributed by atoms with Gasteiger partial charge in [-0.05, 0) is 218 Å². The van der Waals surface area contributed by atoms with Gasteiger partial charge in [-0.1, -0.05) is 87.5 Å². The summed E-state index contributed by atoms with van der Waals surface area (Å²) >= 11 is 0. The standard InChI is InChI=1S/C34H36BN7O3.C26H29BN4O3.C25H25N7O.C8H9N3O3.C8H11N3O/c1-6-41(35(4)44)20-25-17-36-18-28(21(25)2)24-12-15-31-27(16-24)32(40-42(31)19-23-10-13-26(45-5)14-11-23)34-38-30-9-7-8-29(33(30)39-34)37-22(3)43;1-5-30(27(3)33)16-21-13-28-14-24(18(21)2)20-8-11-26-23(12-20)25(17-32)29-31(26)15-19-6-9-22(34-4)10-7-19;1-4-26-11-17-12-27-13-19(14(17)2)16-8-9-20-18(10-16)23(32-31-20)25-29-22-7-5-6-21(24(22)30-25)28-15(3)33;1-5(12)10-6-3-2-4-7(8(6)9)11(13)14;1-5(12)11-7-4-2-3-6(9)8(7)10/h7-18,44H,6,19-20H2,1-5H3,(H,37,43)(H,38,39);6-14,17,33H,5,15-16H2,1-4H3;5-10,12-13,26H,4,11H2,1-3H3,(H,28,33)(H,29,30)(H,31,32);2-4H,9H2,1H3,(H,10,12);2-4H,9-10H2,1H3,(H,11,12). The third-order valence-corrected chi connectivity index (χ3v) is 23.4. The molecule has 17 rings (SSSR count). The van der Waals surface area contributed by atoms with Crippen LogP contribution < -0.4 is 53.3 Å². The zero-order valence-corrected chi connectivity index (χ0v) is 79.2. The predicted octanol–water partition coefficient (Wildman–Crippen LogP) is 16.6. The van der Waals surface area contributed by atoms with E-state index >= 15 is 0 Å². The number of hydrogen-bond donors (Lipinski definition) is 13. The highest BCUT2D eigenvalue weighted by Gasteiger charge is 2.25. The summed E-state index contributed by atoms with van der Waals surface area (Å²) in [5.74, 6) is 2.07. The number of benzene rings is 9. The van der Waals surface area contributed by atoms with Crippen LogP contribution in [0.2, 0.25) is 13.6 Å². The number of carbonyl (C=O) groups is 5. The molecule has 0 aliphatic carbocycles. The zero-order chi connectivity index (χ0) is 98.7. The normalized spacial score (nSPS) is 11.0. The minimum absolute atomic E-state index is 0.0345. The number of para-hydroxylation sites is 4. The number of aromatic amines is 3. The van der Waals surface area contributed by atoms with Gasteiger partial charge in [0, 0.05) is 123 Å². The van der Waals surface area contributed by atoms with E-state index in [2.05, 4.69) is 125 Å². The Morgan fingerprint density at radius 2 is 0.928 bits per heavy atom. The highest BCUT2D eigenvalue weighted by Crippen LogP contribution is 2.39. The van der Waals surface area contributed by atoms with Crippen LogP contribution in [-0.4, -0.2) is 167 Å². The molecular weight excluding hydrogens is 1750 g/mol. The lowest BCUT2D eigenvalue weighted by molar-refractivity contribution is -0.383. The Bertz CT molecular complexity index is 7300. The number of aromatic nitrogens is 13. The number of nitrogen functional groups attached to an aromatic ring is 3. The van der Waals surface area contributed by atoms with Gasteiger partial charge in [-0.2, -0.15) is 15.3 Å². The summed E-state index contributed by atoms with van der Waals surface area (Å²) in [5, 5.41) is 64.8. The molecule has 8 aromatic heterocycles. The van der Waals surface area contributed by atoms with Gasteiger partial charge in [0.25, 0.3) is 5.69 Å². The van der Waals surface area contributed by atoms with Crippen molar-refractivity contribution in [3.8, 4) is 67.9 Å². The minimum atomic E-state index is -0.597. The number of nitro benzene ring substituents is 1. The van der Waals surface area contributed by atoms with Crippen molar-refractivity contribution in [2.75, 3.05) is 72.3 Å². The Kier molecular flexibility index (Phi) is 32.4. The average molecular weight is 1860 g/mol. The number of nitrogens with one attached hydrogen (secondary N) is 8. The molecule has 0 bridgehead atoms. The number of rotatable bonds is 28. The first-order chi connectivity index (χ1) is 66.4. The molecular formula is C101H110B2N24O11. The third kappa shape index (κ3) is 23.5. The van der Waals surface area contributed by atoms with Crippen LogP contribution in [0.3, 0.4) is 0 Å². The van der Waals surface area contributed by atoms with Crippen molar-refractivity contribution < 1.29 is 48.4 Å². The number of fused-ring (bicyclic) bond motifs is 5. The van der Waals surface area contributed by atoms with Gasteiger partial charge in [-0.3, -0.25) is 63.5 Å². The second-order valence-corrected chi connectivity index (χ2v) is 32.8. The molecule has 0 unspecified atom stereocenters. The SMILES string of the molecule is CC(=O)Nc1cccc(N)c1N.CC(=O)Nc1cccc([N+](=O)[O-])c1N.CCN(Cc1cncc(-c2ccc3c(c2)c(-c2nc4c(NC(C)=O)cccc4[nH]2)nn3Cc2ccc(OC)cc2)c1C)B(C)O.CCN(Cc1cncc(-c2ccc3c(c2)c(C=O)nn3Cc2ccc(OC)cc2)c1C)B(C)O.CCNCc1cncc(-c2ccc3[nH]nc(-c4nc5c(NC(C)=O)cccc5[nH]4)c3c2)c1C. The van der Waals surface area contributed by atoms with Crippen LogP contribution in [0.15, 0.2) is 213 Å². The van der Waals surface area contributed by atoms with Crippen LogP contribution in [0.25, 0.3) is 111 Å². The third-order valence-electron chi connectivity index (χ3n) is 23.4. The molecule has 4 amide bonds. The monoisotopic (exact) mass is 1860 g/mol. The number of anilines is 7. The van der Waals surface area contributed by atoms with Crippen LogP contribution in [0, 0.1) is 30.9 Å². The van der Waals surface area contributed by atoms with Crippen LogP contribution in [0.1, 0.15) is 103 Å². The summed E-state index contributed by atoms with van der Waals surface area (Å²) in [6.45, 7) is 27.2. The summed E-state index contributed by atoms with van der Waals surface area (Å²) in [5.41, 5.74) is 42.0. The maximum atomic E-state index is 11.9. The quantitative estimate of drug-likeness (QED) is 0.00712. The lowest BCUT2D eigenvalue weighted by Gasteiger charge is -2.22. The molecule has 8 heterocycles. The van der Waals surface area contributed by atoms with E-state index in [0.717, 1.165) is 160 Å². The van der Waals surface area contributed by atoms with Crippen molar-refractivity contribution in [1.29, 1.82) is 0 Å². The average Bonchev–Trinajstić information content (AvgIpc) is 1.56. The van der Waals surface area contributed by atoms with Gasteiger partial charge in [0.05, 0.1) is 93.9 Å². The molecule has 138 heavy (non-hydrogen) atoms. The van der Waals surface area contributed by atoms with E-state index in [9.17, 15) is 44.1 Å². The lowest BCUT2D eigenvalue weighted by atomic mass is 9.84. The van der Waals surface area contributed by atoms with Gasteiger partial charge in [0.15, 0.2) is 17.9 Å². The molecule has 16 N–H and O–H groups in total. The molecule has 0 saturated heterocycles. The summed E-state index contributed by atoms with van der Waals surface area (Å²) < 4.78 is 14.4. The summed E-state index contributed by atoms with van der Waals surface area (Å²) in [7, 11) is 2.22. The Labute approximate surface area is 797 Å². The van der Waals surface area contributed by atoms with Crippen molar-refractivity contribution >= 4 is 144 Å². The number of methoxy groups -OCH3 is 2. The molecule has 0 atom stereocenters. The zero-order valence-electron chi connectivity index (χ0n) is 79.2. The molecule has 0 aliphatic rings. The van der Waals surface area contributed by atoms with Gasteiger partial charge >= 0.3 is 14.1 Å². The van der Waals surface area contributed by atoms with Crippen LogP contribution >= 0.6 is 0 Å². The Morgan fingerprint density at radius 1 is 0.507 bits per heavy atom. The highest BCUT2D eigenvalue weighted by atomic mass is 16.6. The number of amides is 4. The fourth-order valence-electron chi connectivity index (χ4n) is 15.9. The molecule has 0 saturated carbocycles. The summed E-state index contributed by atoms with van der Waals surface area (Å²) in [6.07, 6.45) is 12.1. The number of nitro groups is 1. The first kappa shape index (κ1) is 99.1. The molecule has 0 radical (unpaired) electrons. The van der Waals surface area contributed by atoms with Crippen molar-refractivity contribution in [2.24, 2.45) is 0 Å². The largest absolute Gasteiger partial charge is 0.497 e. The number of carbonyl (C=O) groups excluding carboxylic acids is 5. The van der Waals surface area contributed by atoms with Crippen molar-refractivity contribution in [2.45, 2.75) is 116 Å². The number of hydrogen-bond acceptors (Lipinski definition) is 25. The molecule has 37 heteroatoms. The van der Waals surface area contributed by atoms with Crippen LogP contribution in [-0.2, 0) is 51.9 Å². The molecule has 0 spiro atoms. The minimum Gasteiger partial charge on any atom is -0.497 e. The molecule has 35 nitrogen and oxygen atoms in total. The fourth-order valence-corrected chi connectivity index (χ4v) is 15.9. The van der Waals surface area contributed by atoms with Crippen molar-refractivity contribution in [3.63, 3.8) is 0 Å². The maximum Gasteiger partial charge on any atom is 0.376 e. The van der Waals surface area contributed by atoms with E-state index in [1.165, 1.54) is 57.0 Å². The fraction of sp³-hybridized carbons (Fsp3) is 0.218. The second kappa shape index (κ2) is 45.1. The predicted molar refractivity (Wildman–Crippen MR) is 546 cm³/mol. The first-order valence-corrected chi connectivity index (χ1v) is 44.7. The van der Waals surface area contributed by atoms with E-state index in [-0.39, 0.29) is 40.7 Å². The molecule has 706 valence electrons. The molecule has 9 aromatic carbocycles. The number of pyridine rings is 3. The summed E-state index contributed by atoms with van der Waals surface area (Å²) in [4.78, 5) is 100. The maximum absolute atomic E-state index is 11.9. The van der Waals surface area contributed by atoms with Gasteiger partial charge in [0.2, 0.25) is 23.6 Å². The topological polar surface area (TPSA) is 492 Å². The van der Waals surface area contributed by atoms with Gasteiger partial charge < -0.3 is 82.9 Å².